The van der Waals surface area contributed by atoms with Crippen molar-refractivity contribution in [1.29, 1.82) is 0 Å². The number of carbonyl (C=O) groups is 1. The summed E-state index contributed by atoms with van der Waals surface area (Å²) in [6.07, 6.45) is 1.25. The highest BCUT2D eigenvalue weighted by atomic mass is 19.2. The van der Waals surface area contributed by atoms with Gasteiger partial charge in [0.05, 0.1) is 23.5 Å². The Morgan fingerprint density at radius 3 is 2.33 bits per heavy atom. The van der Waals surface area contributed by atoms with E-state index in [1.54, 1.807) is 6.07 Å². The number of nitrogens with zero attached hydrogens (tertiary/aromatic N) is 2. The van der Waals surface area contributed by atoms with Gasteiger partial charge in [0.25, 0.3) is 0 Å². The summed E-state index contributed by atoms with van der Waals surface area (Å²) in [6.45, 7) is 1.90. The number of amides is 1. The lowest BCUT2D eigenvalue weighted by atomic mass is 9.91. The van der Waals surface area contributed by atoms with Crippen LogP contribution in [0.1, 0.15) is 35.9 Å². The van der Waals surface area contributed by atoms with Gasteiger partial charge in [-0.05, 0) is 37.0 Å². The van der Waals surface area contributed by atoms with Crippen LogP contribution in [0.2, 0.25) is 0 Å². The molecule has 0 unspecified atom stereocenters. The molecule has 3 N–H and O–H groups in total. The van der Waals surface area contributed by atoms with Gasteiger partial charge in [-0.2, -0.15) is 0 Å². The molecule has 0 radical (unpaired) electrons. The SMILES string of the molecule is CCCc1nc2c(nc1NC(=O)Cc1c(F)c(F)c(F)c(F)c1F)CCc1cc(N)ccc1-2. The Balaban J connectivity index is 1.67. The summed E-state index contributed by atoms with van der Waals surface area (Å²) in [5, 5.41) is 2.43. The summed E-state index contributed by atoms with van der Waals surface area (Å²) in [5.41, 5.74) is 8.94. The number of anilines is 2. The highest BCUT2D eigenvalue weighted by molar-refractivity contribution is 5.92. The maximum absolute atomic E-state index is 14.0. The van der Waals surface area contributed by atoms with Crippen molar-refractivity contribution in [3.05, 3.63) is 69.8 Å². The molecule has 5 nitrogen and oxygen atoms in total. The molecular weight excluding hydrogens is 443 g/mol. The molecule has 1 heterocycles. The van der Waals surface area contributed by atoms with Gasteiger partial charge in [-0.1, -0.05) is 19.4 Å². The zero-order chi connectivity index (χ0) is 23.9. The Morgan fingerprint density at radius 1 is 1.00 bits per heavy atom. The predicted molar refractivity (Wildman–Crippen MR) is 112 cm³/mol. The maximum Gasteiger partial charge on any atom is 0.230 e. The average Bonchev–Trinajstić information content (AvgIpc) is 2.79. The summed E-state index contributed by atoms with van der Waals surface area (Å²) in [4.78, 5) is 21.7. The average molecular weight is 462 g/mol. The van der Waals surface area contributed by atoms with Gasteiger partial charge in [0.1, 0.15) is 0 Å². The third-order valence-corrected chi connectivity index (χ3v) is 5.44. The first-order chi connectivity index (χ1) is 15.7. The van der Waals surface area contributed by atoms with E-state index < -0.39 is 47.0 Å². The summed E-state index contributed by atoms with van der Waals surface area (Å²) >= 11 is 0. The van der Waals surface area contributed by atoms with Crippen molar-refractivity contribution in [3.8, 4) is 11.3 Å². The van der Waals surface area contributed by atoms with Crippen molar-refractivity contribution in [1.82, 2.24) is 9.97 Å². The van der Waals surface area contributed by atoms with Gasteiger partial charge in [0, 0.05) is 16.8 Å². The first kappa shape index (κ1) is 22.6. The first-order valence-corrected chi connectivity index (χ1v) is 10.3. The molecule has 0 aliphatic heterocycles. The van der Waals surface area contributed by atoms with E-state index in [0.717, 1.165) is 11.1 Å². The number of hydrogen-bond donors (Lipinski definition) is 2. The van der Waals surface area contributed by atoms with Crippen LogP contribution in [0.4, 0.5) is 33.5 Å². The monoisotopic (exact) mass is 462 g/mol. The summed E-state index contributed by atoms with van der Waals surface area (Å²) < 4.78 is 68.1. The molecule has 4 rings (SSSR count). The van der Waals surface area contributed by atoms with Crippen molar-refractivity contribution in [2.24, 2.45) is 0 Å². The van der Waals surface area contributed by atoms with Crippen LogP contribution in [0.25, 0.3) is 11.3 Å². The lowest BCUT2D eigenvalue weighted by molar-refractivity contribution is -0.115. The molecule has 1 aromatic heterocycles. The normalized spacial score (nSPS) is 12.3. The molecule has 0 saturated heterocycles. The number of carbonyl (C=O) groups excluding carboxylic acids is 1. The second kappa shape index (κ2) is 8.76. The molecule has 0 fully saturated rings. The number of hydrogen-bond acceptors (Lipinski definition) is 4. The van der Waals surface area contributed by atoms with Gasteiger partial charge in [-0.25, -0.2) is 31.9 Å². The topological polar surface area (TPSA) is 80.9 Å². The van der Waals surface area contributed by atoms with E-state index in [2.05, 4.69) is 15.3 Å². The fraction of sp³-hybridized carbons (Fsp3) is 0.261. The third kappa shape index (κ3) is 4.12. The predicted octanol–water partition coefficient (Wildman–Crippen LogP) is 4.65. The van der Waals surface area contributed by atoms with Gasteiger partial charge in [-0.3, -0.25) is 4.79 Å². The molecule has 10 heteroatoms. The number of aryl methyl sites for hydroxylation is 3. The fourth-order valence-corrected chi connectivity index (χ4v) is 3.85. The van der Waals surface area contributed by atoms with Crippen LogP contribution in [-0.2, 0) is 30.5 Å². The van der Waals surface area contributed by atoms with Gasteiger partial charge in [0.2, 0.25) is 11.7 Å². The minimum absolute atomic E-state index is 0.100. The molecule has 1 aliphatic carbocycles. The number of benzene rings is 2. The minimum Gasteiger partial charge on any atom is -0.399 e. The van der Waals surface area contributed by atoms with E-state index in [-0.39, 0.29) is 5.82 Å². The Kier molecular flexibility index (Phi) is 6.01. The van der Waals surface area contributed by atoms with Crippen LogP contribution >= 0.6 is 0 Å². The molecule has 172 valence electrons. The lowest BCUT2D eigenvalue weighted by Crippen LogP contribution is -2.21. The number of fused-ring (bicyclic) bond motifs is 3. The van der Waals surface area contributed by atoms with E-state index >= 15 is 0 Å². The number of rotatable bonds is 5. The van der Waals surface area contributed by atoms with Crippen LogP contribution in [0.3, 0.4) is 0 Å². The molecule has 0 atom stereocenters. The van der Waals surface area contributed by atoms with Gasteiger partial charge >= 0.3 is 0 Å². The summed E-state index contributed by atoms with van der Waals surface area (Å²) in [7, 11) is 0. The van der Waals surface area contributed by atoms with Crippen LogP contribution in [0, 0.1) is 29.1 Å². The van der Waals surface area contributed by atoms with Crippen LogP contribution in [-0.4, -0.2) is 15.9 Å². The van der Waals surface area contributed by atoms with E-state index in [0.29, 0.717) is 48.5 Å². The molecular formula is C23H19F5N4O. The number of nitrogen functional groups attached to an aromatic ring is 1. The van der Waals surface area contributed by atoms with Crippen molar-refractivity contribution in [2.75, 3.05) is 11.1 Å². The third-order valence-electron chi connectivity index (χ3n) is 5.44. The van der Waals surface area contributed by atoms with Crippen molar-refractivity contribution in [2.45, 2.75) is 39.0 Å². The van der Waals surface area contributed by atoms with Gasteiger partial charge < -0.3 is 11.1 Å². The van der Waals surface area contributed by atoms with Crippen molar-refractivity contribution in [3.63, 3.8) is 0 Å². The Labute approximate surface area is 185 Å². The highest BCUT2D eigenvalue weighted by Crippen LogP contribution is 2.34. The zero-order valence-corrected chi connectivity index (χ0v) is 17.5. The number of halogens is 5. The second-order valence-electron chi connectivity index (χ2n) is 7.75. The number of aromatic nitrogens is 2. The number of nitrogens with one attached hydrogen (secondary N) is 1. The lowest BCUT2D eigenvalue weighted by Gasteiger charge is -2.21. The van der Waals surface area contributed by atoms with Crippen LogP contribution in [0.5, 0.6) is 0 Å². The molecule has 0 bridgehead atoms. The van der Waals surface area contributed by atoms with E-state index in [4.69, 9.17) is 5.73 Å². The smallest absolute Gasteiger partial charge is 0.230 e. The Morgan fingerprint density at radius 2 is 1.67 bits per heavy atom. The van der Waals surface area contributed by atoms with Crippen molar-refractivity contribution < 1.29 is 26.7 Å². The summed E-state index contributed by atoms with van der Waals surface area (Å²) in [6, 6.07) is 5.49. The number of nitrogens with two attached hydrogens (primary N) is 1. The zero-order valence-electron chi connectivity index (χ0n) is 17.5. The van der Waals surface area contributed by atoms with E-state index in [1.807, 2.05) is 19.1 Å². The van der Waals surface area contributed by atoms with Gasteiger partial charge in [0.15, 0.2) is 29.1 Å². The molecule has 1 aliphatic rings. The Hall–Kier alpha value is -3.56. The van der Waals surface area contributed by atoms with E-state index in [9.17, 15) is 26.7 Å². The highest BCUT2D eigenvalue weighted by Gasteiger charge is 2.28. The van der Waals surface area contributed by atoms with Crippen molar-refractivity contribution >= 4 is 17.4 Å². The second-order valence-corrected chi connectivity index (χ2v) is 7.75. The maximum atomic E-state index is 14.0. The minimum atomic E-state index is -2.28. The Bertz CT molecular complexity index is 1250. The first-order valence-electron chi connectivity index (χ1n) is 10.3. The van der Waals surface area contributed by atoms with Crippen LogP contribution in [0.15, 0.2) is 18.2 Å². The largest absolute Gasteiger partial charge is 0.399 e. The summed E-state index contributed by atoms with van der Waals surface area (Å²) in [5.74, 6) is -11.4. The van der Waals surface area contributed by atoms with E-state index in [1.165, 1.54) is 0 Å². The molecule has 1 amide bonds. The molecule has 0 saturated carbocycles. The molecule has 33 heavy (non-hydrogen) atoms. The molecule has 3 aromatic rings. The quantitative estimate of drug-likeness (QED) is 0.250. The molecule has 2 aromatic carbocycles. The standard InChI is InChI=1S/C23H19F5N4O/c1-2-3-15-23(31-14-7-4-10-8-11(29)5-6-12(10)22(14)30-15)32-16(33)9-13-17(24)19(26)21(28)20(27)18(13)25/h5-6,8H,2-4,7,9,29H2,1H3,(H,31,32,33). The molecule has 0 spiro atoms. The van der Waals surface area contributed by atoms with Crippen LogP contribution < -0.4 is 11.1 Å². The fourth-order valence-electron chi connectivity index (χ4n) is 3.85. The van der Waals surface area contributed by atoms with Gasteiger partial charge in [-0.15, -0.1) is 0 Å².